The van der Waals surface area contributed by atoms with Crippen molar-refractivity contribution in [1.82, 2.24) is 0 Å². The molecule has 0 aromatic heterocycles. The lowest BCUT2D eigenvalue weighted by Gasteiger charge is -2.03. The molecule has 1 nitrogen and oxygen atoms in total. The lowest BCUT2D eigenvalue weighted by atomic mass is 10.1. The van der Waals surface area contributed by atoms with Crippen molar-refractivity contribution in [2.24, 2.45) is 0 Å². The minimum absolute atomic E-state index is 1.00. The second-order valence-electron chi connectivity index (χ2n) is 3.13. The van der Waals surface area contributed by atoms with Gasteiger partial charge in [-0.2, -0.15) is 0 Å². The van der Waals surface area contributed by atoms with Gasteiger partial charge in [-0.05, 0) is 11.5 Å². The van der Waals surface area contributed by atoms with Crippen LogP contribution in [0, 0.1) is 0 Å². The van der Waals surface area contributed by atoms with Gasteiger partial charge < -0.3 is 5.32 Å². The SMILES string of the molecule is c1ccc2c3c(ccc2c1)SCN3. The lowest BCUT2D eigenvalue weighted by molar-refractivity contribution is 1.46. The molecule has 0 saturated carbocycles. The summed E-state index contributed by atoms with van der Waals surface area (Å²) in [6.07, 6.45) is 0. The number of thioether (sulfide) groups is 1. The Morgan fingerprint density at radius 3 is 3.00 bits per heavy atom. The second-order valence-corrected chi connectivity index (χ2v) is 4.14. The molecule has 0 aliphatic carbocycles. The largest absolute Gasteiger partial charge is 0.374 e. The van der Waals surface area contributed by atoms with Crippen LogP contribution in [0.5, 0.6) is 0 Å². The molecule has 3 rings (SSSR count). The number of rotatable bonds is 0. The van der Waals surface area contributed by atoms with Gasteiger partial charge in [0.2, 0.25) is 0 Å². The molecular formula is C11H9NS. The van der Waals surface area contributed by atoms with Gasteiger partial charge in [-0.25, -0.2) is 0 Å². The summed E-state index contributed by atoms with van der Waals surface area (Å²) in [5.41, 5.74) is 1.31. The Labute approximate surface area is 81.1 Å². The maximum atomic E-state index is 3.41. The van der Waals surface area contributed by atoms with Crippen molar-refractivity contribution >= 4 is 28.2 Å². The average Bonchev–Trinajstić information content (AvgIpc) is 2.65. The van der Waals surface area contributed by atoms with E-state index in [1.54, 1.807) is 0 Å². The fraction of sp³-hybridized carbons (Fsp3) is 0.0909. The monoisotopic (exact) mass is 187 g/mol. The van der Waals surface area contributed by atoms with E-state index in [2.05, 4.69) is 41.7 Å². The molecule has 0 amide bonds. The summed E-state index contributed by atoms with van der Waals surface area (Å²) in [5.74, 6) is 1.00. The van der Waals surface area contributed by atoms with Gasteiger partial charge in [0.05, 0.1) is 11.6 Å². The van der Waals surface area contributed by atoms with E-state index in [0.29, 0.717) is 0 Å². The first-order chi connectivity index (χ1) is 6.45. The zero-order chi connectivity index (χ0) is 8.67. The Morgan fingerprint density at radius 1 is 1.08 bits per heavy atom. The van der Waals surface area contributed by atoms with Crippen LogP contribution in [0.1, 0.15) is 0 Å². The molecule has 0 bridgehead atoms. The van der Waals surface area contributed by atoms with Crippen LogP contribution in [0.25, 0.3) is 10.8 Å². The first-order valence-corrected chi connectivity index (χ1v) is 5.32. The van der Waals surface area contributed by atoms with Crippen LogP contribution < -0.4 is 5.32 Å². The summed E-state index contributed by atoms with van der Waals surface area (Å²) in [6, 6.07) is 12.9. The zero-order valence-electron chi connectivity index (χ0n) is 7.08. The van der Waals surface area contributed by atoms with Gasteiger partial charge in [0.25, 0.3) is 0 Å². The minimum atomic E-state index is 1.00. The molecule has 0 radical (unpaired) electrons. The summed E-state index contributed by atoms with van der Waals surface area (Å²) in [5, 5.41) is 6.06. The summed E-state index contributed by atoms with van der Waals surface area (Å²) in [4.78, 5) is 1.37. The van der Waals surface area contributed by atoms with Crippen LogP contribution >= 0.6 is 11.8 Å². The zero-order valence-corrected chi connectivity index (χ0v) is 7.90. The standard InChI is InChI=1S/C11H9NS/c1-2-4-9-8(3-1)5-6-10-11(9)12-7-13-10/h1-6,12H,7H2. The maximum absolute atomic E-state index is 3.41. The van der Waals surface area contributed by atoms with E-state index in [-0.39, 0.29) is 0 Å². The van der Waals surface area contributed by atoms with E-state index in [9.17, 15) is 0 Å². The number of nitrogens with one attached hydrogen (secondary N) is 1. The van der Waals surface area contributed by atoms with Gasteiger partial charge in [-0.1, -0.05) is 30.3 Å². The van der Waals surface area contributed by atoms with E-state index < -0.39 is 0 Å². The first kappa shape index (κ1) is 7.27. The molecule has 2 aromatic rings. The minimum Gasteiger partial charge on any atom is -0.374 e. The molecule has 2 heteroatoms. The molecule has 0 saturated heterocycles. The van der Waals surface area contributed by atoms with Crippen LogP contribution in [0.4, 0.5) is 5.69 Å². The normalized spacial score (nSPS) is 14.2. The summed E-state index contributed by atoms with van der Waals surface area (Å²) < 4.78 is 0. The Kier molecular flexibility index (Phi) is 1.49. The van der Waals surface area contributed by atoms with Crippen LogP contribution in [-0.2, 0) is 0 Å². The van der Waals surface area contributed by atoms with E-state index in [4.69, 9.17) is 0 Å². The number of anilines is 1. The second kappa shape index (κ2) is 2.67. The summed E-state index contributed by atoms with van der Waals surface area (Å²) >= 11 is 1.87. The highest BCUT2D eigenvalue weighted by Crippen LogP contribution is 2.38. The number of benzene rings is 2. The molecule has 1 N–H and O–H groups in total. The fourth-order valence-electron chi connectivity index (χ4n) is 1.74. The Bertz CT molecular complexity index is 465. The third-order valence-corrected chi connectivity index (χ3v) is 3.31. The smallest absolute Gasteiger partial charge is 0.0658 e. The van der Waals surface area contributed by atoms with E-state index in [0.717, 1.165) is 5.88 Å². The van der Waals surface area contributed by atoms with Crippen molar-refractivity contribution < 1.29 is 0 Å². The van der Waals surface area contributed by atoms with Crippen LogP contribution in [0.15, 0.2) is 41.3 Å². The van der Waals surface area contributed by atoms with Crippen LogP contribution in [-0.4, -0.2) is 5.88 Å². The van der Waals surface area contributed by atoms with Gasteiger partial charge in [-0.15, -0.1) is 11.8 Å². The third-order valence-electron chi connectivity index (χ3n) is 2.37. The molecule has 0 spiro atoms. The Morgan fingerprint density at radius 2 is 2.00 bits per heavy atom. The van der Waals surface area contributed by atoms with Crippen molar-refractivity contribution in [2.45, 2.75) is 4.90 Å². The highest BCUT2D eigenvalue weighted by molar-refractivity contribution is 7.99. The molecule has 0 unspecified atom stereocenters. The van der Waals surface area contributed by atoms with Crippen molar-refractivity contribution in [3.63, 3.8) is 0 Å². The van der Waals surface area contributed by atoms with Gasteiger partial charge in [0, 0.05) is 10.3 Å². The van der Waals surface area contributed by atoms with Gasteiger partial charge >= 0.3 is 0 Å². The van der Waals surface area contributed by atoms with Gasteiger partial charge in [0.1, 0.15) is 0 Å². The number of hydrogen-bond donors (Lipinski definition) is 1. The third kappa shape index (κ3) is 1.02. The summed E-state index contributed by atoms with van der Waals surface area (Å²) in [6.45, 7) is 0. The first-order valence-electron chi connectivity index (χ1n) is 4.33. The maximum Gasteiger partial charge on any atom is 0.0658 e. The molecule has 0 atom stereocenters. The highest BCUT2D eigenvalue weighted by atomic mass is 32.2. The molecule has 1 heterocycles. The van der Waals surface area contributed by atoms with Crippen LogP contribution in [0.3, 0.4) is 0 Å². The van der Waals surface area contributed by atoms with Crippen molar-refractivity contribution in [3.05, 3.63) is 36.4 Å². The molecular weight excluding hydrogens is 178 g/mol. The molecule has 1 aliphatic heterocycles. The Hall–Kier alpha value is -1.15. The molecule has 2 aromatic carbocycles. The van der Waals surface area contributed by atoms with Crippen molar-refractivity contribution in [1.29, 1.82) is 0 Å². The molecule has 64 valence electrons. The van der Waals surface area contributed by atoms with Crippen LogP contribution in [0.2, 0.25) is 0 Å². The molecule has 1 aliphatic rings. The quantitative estimate of drug-likeness (QED) is 0.679. The predicted molar refractivity (Wildman–Crippen MR) is 58.3 cm³/mol. The highest BCUT2D eigenvalue weighted by Gasteiger charge is 2.12. The van der Waals surface area contributed by atoms with E-state index >= 15 is 0 Å². The summed E-state index contributed by atoms with van der Waals surface area (Å²) in [7, 11) is 0. The van der Waals surface area contributed by atoms with Gasteiger partial charge in [0.15, 0.2) is 0 Å². The Balaban J connectivity index is 2.43. The number of fused-ring (bicyclic) bond motifs is 3. The average molecular weight is 187 g/mol. The number of hydrogen-bond acceptors (Lipinski definition) is 2. The fourth-order valence-corrected chi connectivity index (χ4v) is 2.60. The van der Waals surface area contributed by atoms with Crippen molar-refractivity contribution in [2.75, 3.05) is 11.2 Å². The molecule has 13 heavy (non-hydrogen) atoms. The van der Waals surface area contributed by atoms with E-state index in [1.807, 2.05) is 11.8 Å². The topological polar surface area (TPSA) is 12.0 Å². The molecule has 0 fully saturated rings. The predicted octanol–water partition coefficient (Wildman–Crippen LogP) is 3.31. The lowest BCUT2D eigenvalue weighted by Crippen LogP contribution is -1.89. The van der Waals surface area contributed by atoms with Gasteiger partial charge in [-0.3, -0.25) is 0 Å². The van der Waals surface area contributed by atoms with E-state index in [1.165, 1.54) is 21.4 Å². The van der Waals surface area contributed by atoms with Crippen molar-refractivity contribution in [3.8, 4) is 0 Å².